The Kier molecular flexibility index (Phi) is 3.86. The molecule has 0 aliphatic heterocycles. The SMILES string of the molecule is CCCOC(=O)Oc1c2c(c(O)c3ccc(C)cc13)C1CCC2C1C. The zero-order valence-electron chi connectivity index (χ0n) is 15.0. The molecule has 2 aromatic carbocycles. The number of carbonyl (C=O) groups excluding carboxylic acids is 1. The molecule has 0 radical (unpaired) electrons. The molecule has 1 saturated carbocycles. The van der Waals surface area contributed by atoms with E-state index in [9.17, 15) is 9.90 Å². The summed E-state index contributed by atoms with van der Waals surface area (Å²) in [6.45, 7) is 6.53. The summed E-state index contributed by atoms with van der Waals surface area (Å²) in [4.78, 5) is 12.2. The van der Waals surface area contributed by atoms with E-state index in [1.54, 1.807) is 0 Å². The minimum absolute atomic E-state index is 0.338. The summed E-state index contributed by atoms with van der Waals surface area (Å²) in [6, 6.07) is 5.87. The molecule has 2 aromatic rings. The summed E-state index contributed by atoms with van der Waals surface area (Å²) in [7, 11) is 0. The van der Waals surface area contributed by atoms with E-state index < -0.39 is 6.16 Å². The van der Waals surface area contributed by atoms with Crippen molar-refractivity contribution >= 4 is 16.9 Å². The third-order valence-corrected chi connectivity index (χ3v) is 5.87. The van der Waals surface area contributed by atoms with Gasteiger partial charge < -0.3 is 14.6 Å². The van der Waals surface area contributed by atoms with Crippen LogP contribution in [0.15, 0.2) is 18.2 Å². The number of fused-ring (bicyclic) bond motifs is 6. The highest BCUT2D eigenvalue weighted by Gasteiger charge is 2.47. The largest absolute Gasteiger partial charge is 0.513 e. The van der Waals surface area contributed by atoms with Crippen LogP contribution in [0.2, 0.25) is 0 Å². The number of carbonyl (C=O) groups is 1. The second kappa shape index (κ2) is 5.94. The summed E-state index contributed by atoms with van der Waals surface area (Å²) >= 11 is 0. The van der Waals surface area contributed by atoms with Crippen molar-refractivity contribution in [3.8, 4) is 11.5 Å². The van der Waals surface area contributed by atoms with Crippen molar-refractivity contribution in [3.63, 3.8) is 0 Å². The van der Waals surface area contributed by atoms with Gasteiger partial charge in [0.2, 0.25) is 0 Å². The van der Waals surface area contributed by atoms with Crippen molar-refractivity contribution in [1.29, 1.82) is 0 Å². The van der Waals surface area contributed by atoms with Crippen LogP contribution in [0.3, 0.4) is 0 Å². The fraction of sp³-hybridized carbons (Fsp3) is 0.476. The van der Waals surface area contributed by atoms with E-state index >= 15 is 0 Å². The average Bonchev–Trinajstić information content (AvgIpc) is 3.09. The van der Waals surface area contributed by atoms with E-state index in [4.69, 9.17) is 9.47 Å². The molecule has 4 heteroatoms. The monoisotopic (exact) mass is 340 g/mol. The highest BCUT2D eigenvalue weighted by Crippen LogP contribution is 2.63. The summed E-state index contributed by atoms with van der Waals surface area (Å²) in [5, 5.41) is 12.5. The molecule has 4 rings (SSSR count). The fourth-order valence-corrected chi connectivity index (χ4v) is 4.72. The number of phenolic OH excluding ortho intramolecular Hbond substituents is 1. The lowest BCUT2D eigenvalue weighted by atomic mass is 9.87. The van der Waals surface area contributed by atoms with Crippen LogP contribution in [0.4, 0.5) is 4.79 Å². The number of phenols is 1. The second-order valence-corrected chi connectivity index (χ2v) is 7.40. The Hall–Kier alpha value is -2.23. The van der Waals surface area contributed by atoms with Crippen molar-refractivity contribution in [2.75, 3.05) is 6.61 Å². The molecule has 2 aliphatic rings. The lowest BCUT2D eigenvalue weighted by Crippen LogP contribution is -2.14. The van der Waals surface area contributed by atoms with Gasteiger partial charge in [-0.15, -0.1) is 0 Å². The van der Waals surface area contributed by atoms with Crippen LogP contribution in [-0.4, -0.2) is 17.9 Å². The Morgan fingerprint density at radius 3 is 2.64 bits per heavy atom. The first-order valence-corrected chi connectivity index (χ1v) is 9.16. The van der Waals surface area contributed by atoms with E-state index in [-0.39, 0.29) is 0 Å². The minimum atomic E-state index is -0.659. The predicted molar refractivity (Wildman–Crippen MR) is 96.5 cm³/mol. The van der Waals surface area contributed by atoms with Crippen LogP contribution in [0, 0.1) is 12.8 Å². The van der Waals surface area contributed by atoms with E-state index in [1.807, 2.05) is 32.0 Å². The molecule has 4 nitrogen and oxygen atoms in total. The maximum atomic E-state index is 12.2. The van der Waals surface area contributed by atoms with Gasteiger partial charge in [-0.2, -0.15) is 0 Å². The van der Waals surface area contributed by atoms with Gasteiger partial charge in [0, 0.05) is 21.9 Å². The lowest BCUT2D eigenvalue weighted by Gasteiger charge is -2.22. The van der Waals surface area contributed by atoms with Gasteiger partial charge in [0.1, 0.15) is 11.5 Å². The highest BCUT2D eigenvalue weighted by molar-refractivity contribution is 5.98. The van der Waals surface area contributed by atoms with E-state index in [1.165, 1.54) is 0 Å². The average molecular weight is 340 g/mol. The normalized spacial score (nSPS) is 23.7. The standard InChI is InChI=1S/C21H24O4/c1-4-9-24-21(23)25-20-16-10-11(2)5-6-15(16)19(22)17-13-7-8-14(12(13)3)18(17)20/h5-6,10,12-14,22H,4,7-9H2,1-3H3. The molecule has 0 aromatic heterocycles. The van der Waals surface area contributed by atoms with Gasteiger partial charge in [0.25, 0.3) is 0 Å². The Morgan fingerprint density at radius 1 is 1.20 bits per heavy atom. The van der Waals surface area contributed by atoms with Crippen LogP contribution >= 0.6 is 0 Å². The highest BCUT2D eigenvalue weighted by atomic mass is 16.7. The Labute approximate surface area is 147 Å². The van der Waals surface area contributed by atoms with Crippen LogP contribution in [0.1, 0.15) is 61.6 Å². The van der Waals surface area contributed by atoms with Gasteiger partial charge in [-0.1, -0.05) is 31.5 Å². The van der Waals surface area contributed by atoms with Gasteiger partial charge in [-0.3, -0.25) is 0 Å². The Morgan fingerprint density at radius 2 is 1.92 bits per heavy atom. The van der Waals surface area contributed by atoms with Gasteiger partial charge >= 0.3 is 6.16 Å². The smallest absolute Gasteiger partial charge is 0.507 e. The fourth-order valence-electron chi connectivity index (χ4n) is 4.72. The molecule has 132 valence electrons. The molecular weight excluding hydrogens is 316 g/mol. The number of benzene rings is 2. The molecule has 3 unspecified atom stereocenters. The molecule has 2 aliphatic carbocycles. The van der Waals surface area contributed by atoms with Crippen molar-refractivity contribution in [2.24, 2.45) is 5.92 Å². The molecule has 1 N–H and O–H groups in total. The van der Waals surface area contributed by atoms with Gasteiger partial charge in [0.15, 0.2) is 0 Å². The summed E-state index contributed by atoms with van der Waals surface area (Å²) in [5.41, 5.74) is 3.07. The van der Waals surface area contributed by atoms with Crippen LogP contribution in [-0.2, 0) is 4.74 Å². The molecule has 1 fully saturated rings. The molecular formula is C21H24O4. The Bertz CT molecular complexity index is 855. The van der Waals surface area contributed by atoms with E-state index in [0.717, 1.165) is 46.7 Å². The number of hydrogen-bond acceptors (Lipinski definition) is 4. The predicted octanol–water partition coefficient (Wildman–Crippen LogP) is 5.39. The maximum Gasteiger partial charge on any atom is 0.513 e. The molecule has 0 saturated heterocycles. The van der Waals surface area contributed by atoms with Crippen molar-refractivity contribution in [3.05, 3.63) is 34.9 Å². The first-order chi connectivity index (χ1) is 12.0. The third-order valence-electron chi connectivity index (χ3n) is 5.87. The van der Waals surface area contributed by atoms with Crippen molar-refractivity contribution in [2.45, 2.75) is 51.9 Å². The van der Waals surface area contributed by atoms with Crippen molar-refractivity contribution in [1.82, 2.24) is 0 Å². The van der Waals surface area contributed by atoms with Crippen molar-refractivity contribution < 1.29 is 19.4 Å². The summed E-state index contributed by atoms with van der Waals surface area (Å²) < 4.78 is 10.9. The number of rotatable bonds is 3. The summed E-state index contributed by atoms with van der Waals surface area (Å²) in [5.74, 6) is 2.10. The zero-order valence-corrected chi connectivity index (χ0v) is 15.0. The van der Waals surface area contributed by atoms with E-state index in [0.29, 0.717) is 35.9 Å². The van der Waals surface area contributed by atoms with Gasteiger partial charge in [0.05, 0.1) is 6.61 Å². The minimum Gasteiger partial charge on any atom is -0.507 e. The molecule has 0 spiro atoms. The second-order valence-electron chi connectivity index (χ2n) is 7.40. The quantitative estimate of drug-likeness (QED) is 0.601. The first-order valence-electron chi connectivity index (χ1n) is 9.16. The topological polar surface area (TPSA) is 55.8 Å². The molecule has 0 heterocycles. The first kappa shape index (κ1) is 16.2. The number of aromatic hydroxyl groups is 1. The number of aryl methyl sites for hydroxylation is 1. The Balaban J connectivity index is 1.92. The molecule has 3 atom stereocenters. The third kappa shape index (κ3) is 2.38. The van der Waals surface area contributed by atoms with E-state index in [2.05, 4.69) is 6.92 Å². The van der Waals surface area contributed by atoms with Crippen LogP contribution < -0.4 is 4.74 Å². The molecule has 2 bridgehead atoms. The van der Waals surface area contributed by atoms with Gasteiger partial charge in [-0.05, 0) is 50.0 Å². The lowest BCUT2D eigenvalue weighted by molar-refractivity contribution is 0.0991. The number of hydrogen-bond donors (Lipinski definition) is 1. The molecule has 0 amide bonds. The van der Waals surface area contributed by atoms with Crippen LogP contribution in [0.25, 0.3) is 10.8 Å². The zero-order chi connectivity index (χ0) is 17.7. The molecule has 25 heavy (non-hydrogen) atoms. The van der Waals surface area contributed by atoms with Crippen LogP contribution in [0.5, 0.6) is 11.5 Å². The number of ether oxygens (including phenoxy) is 2. The van der Waals surface area contributed by atoms with Gasteiger partial charge in [-0.25, -0.2) is 4.79 Å². The summed E-state index contributed by atoms with van der Waals surface area (Å²) in [6.07, 6.45) is 2.26. The maximum absolute atomic E-state index is 12.2.